The van der Waals surface area contributed by atoms with E-state index >= 15 is 0 Å². The molecular weight excluding hydrogens is 283 g/mol. The Morgan fingerprint density at radius 2 is 2.26 bits per heavy atom. The molecule has 6 heteroatoms. The van der Waals surface area contributed by atoms with Crippen LogP contribution in [0, 0.1) is 0 Å². The monoisotopic (exact) mass is 300 g/mol. The SMILES string of the molecule is C[C@@H]1CN(Cc2cn3cc(Cl)ccc3n2)CCN1.Cl. The van der Waals surface area contributed by atoms with E-state index in [0.29, 0.717) is 6.04 Å². The first-order valence-corrected chi connectivity index (χ1v) is 6.67. The zero-order chi connectivity index (χ0) is 12.5. The number of fused-ring (bicyclic) bond motifs is 1. The third kappa shape index (κ3) is 3.39. The van der Waals surface area contributed by atoms with Crippen LogP contribution in [0.5, 0.6) is 0 Å². The number of pyridine rings is 1. The quantitative estimate of drug-likeness (QED) is 0.923. The lowest BCUT2D eigenvalue weighted by molar-refractivity contribution is 0.198. The maximum Gasteiger partial charge on any atom is 0.137 e. The van der Waals surface area contributed by atoms with Crippen LogP contribution in [-0.4, -0.2) is 40.0 Å². The van der Waals surface area contributed by atoms with Crippen LogP contribution in [-0.2, 0) is 6.54 Å². The van der Waals surface area contributed by atoms with Crippen LogP contribution < -0.4 is 5.32 Å². The topological polar surface area (TPSA) is 32.6 Å². The number of hydrogen-bond donors (Lipinski definition) is 1. The highest BCUT2D eigenvalue weighted by Gasteiger charge is 2.16. The molecule has 4 nitrogen and oxygen atoms in total. The lowest BCUT2D eigenvalue weighted by Gasteiger charge is -2.31. The van der Waals surface area contributed by atoms with Gasteiger partial charge in [0.1, 0.15) is 5.65 Å². The lowest BCUT2D eigenvalue weighted by Crippen LogP contribution is -2.48. The Morgan fingerprint density at radius 1 is 1.42 bits per heavy atom. The second-order valence-electron chi connectivity index (χ2n) is 4.94. The normalized spacial score (nSPS) is 20.4. The molecule has 3 rings (SSSR count). The van der Waals surface area contributed by atoms with Gasteiger partial charge in [0.05, 0.1) is 10.7 Å². The predicted octanol–water partition coefficient (Wildman–Crippen LogP) is 2.20. The molecule has 2 aromatic heterocycles. The van der Waals surface area contributed by atoms with Crippen molar-refractivity contribution in [3.8, 4) is 0 Å². The smallest absolute Gasteiger partial charge is 0.137 e. The van der Waals surface area contributed by atoms with Gasteiger partial charge in [-0.1, -0.05) is 11.6 Å². The van der Waals surface area contributed by atoms with Crippen LogP contribution in [0.15, 0.2) is 24.5 Å². The maximum atomic E-state index is 5.97. The molecule has 0 bridgehead atoms. The molecular formula is C13H18Cl2N4. The number of piperazine rings is 1. The molecule has 1 aliphatic rings. The Bertz CT molecular complexity index is 555. The summed E-state index contributed by atoms with van der Waals surface area (Å²) in [5.41, 5.74) is 2.06. The number of imidazole rings is 1. The predicted molar refractivity (Wildman–Crippen MR) is 80.2 cm³/mol. The van der Waals surface area contributed by atoms with E-state index in [-0.39, 0.29) is 12.4 Å². The third-order valence-corrected chi connectivity index (χ3v) is 3.53. The Hall–Kier alpha value is -0.810. The number of nitrogens with zero attached hydrogens (tertiary/aromatic N) is 3. The molecule has 3 heterocycles. The van der Waals surface area contributed by atoms with E-state index < -0.39 is 0 Å². The number of halogens is 2. The first-order chi connectivity index (χ1) is 8.70. The summed E-state index contributed by atoms with van der Waals surface area (Å²) in [5.74, 6) is 0. The highest BCUT2D eigenvalue weighted by atomic mass is 35.5. The van der Waals surface area contributed by atoms with Gasteiger partial charge < -0.3 is 9.72 Å². The van der Waals surface area contributed by atoms with E-state index in [1.54, 1.807) is 0 Å². The Labute approximate surface area is 124 Å². The summed E-state index contributed by atoms with van der Waals surface area (Å²) >= 11 is 5.97. The van der Waals surface area contributed by atoms with E-state index in [4.69, 9.17) is 11.6 Å². The number of aromatic nitrogens is 2. The number of rotatable bonds is 2. The van der Waals surface area contributed by atoms with Crippen molar-refractivity contribution in [2.75, 3.05) is 19.6 Å². The number of nitrogens with one attached hydrogen (secondary N) is 1. The fraction of sp³-hybridized carbons (Fsp3) is 0.462. The van der Waals surface area contributed by atoms with E-state index in [2.05, 4.69) is 28.3 Å². The van der Waals surface area contributed by atoms with Gasteiger partial charge in [0.15, 0.2) is 0 Å². The second-order valence-corrected chi connectivity index (χ2v) is 5.37. The van der Waals surface area contributed by atoms with E-state index in [1.165, 1.54) is 0 Å². The standard InChI is InChI=1S/C13H17ClN4.ClH/c1-10-6-17(5-4-15-10)8-12-9-18-7-11(14)2-3-13(18)16-12;/h2-3,7,9-10,15H,4-6,8H2,1H3;1H/t10-;/m1./s1. The average molecular weight is 301 g/mol. The van der Waals surface area contributed by atoms with Crippen molar-refractivity contribution in [3.63, 3.8) is 0 Å². The summed E-state index contributed by atoms with van der Waals surface area (Å²) in [6.45, 7) is 6.34. The van der Waals surface area contributed by atoms with Crippen LogP contribution in [0.2, 0.25) is 5.02 Å². The molecule has 0 spiro atoms. The van der Waals surface area contributed by atoms with Crippen LogP contribution in [0.1, 0.15) is 12.6 Å². The van der Waals surface area contributed by atoms with Crippen LogP contribution in [0.4, 0.5) is 0 Å². The van der Waals surface area contributed by atoms with Crippen LogP contribution in [0.25, 0.3) is 5.65 Å². The van der Waals surface area contributed by atoms with Crippen molar-refractivity contribution in [1.82, 2.24) is 19.6 Å². The lowest BCUT2D eigenvalue weighted by atomic mass is 10.2. The summed E-state index contributed by atoms with van der Waals surface area (Å²) in [5, 5.41) is 4.19. The van der Waals surface area contributed by atoms with Gasteiger partial charge >= 0.3 is 0 Å². The highest BCUT2D eigenvalue weighted by molar-refractivity contribution is 6.30. The fourth-order valence-electron chi connectivity index (χ4n) is 2.48. The minimum Gasteiger partial charge on any atom is -0.312 e. The maximum absolute atomic E-state index is 5.97. The first kappa shape index (κ1) is 14.6. The zero-order valence-electron chi connectivity index (χ0n) is 10.8. The molecule has 104 valence electrons. The Balaban J connectivity index is 0.00000133. The van der Waals surface area contributed by atoms with Crippen molar-refractivity contribution in [3.05, 3.63) is 35.2 Å². The summed E-state index contributed by atoms with van der Waals surface area (Å²) in [6, 6.07) is 4.39. The van der Waals surface area contributed by atoms with Gasteiger partial charge in [-0.3, -0.25) is 4.90 Å². The molecule has 0 saturated carbocycles. The van der Waals surface area contributed by atoms with E-state index in [0.717, 1.165) is 42.5 Å². The third-order valence-electron chi connectivity index (χ3n) is 3.30. The highest BCUT2D eigenvalue weighted by Crippen LogP contribution is 2.13. The molecule has 0 unspecified atom stereocenters. The number of hydrogen-bond acceptors (Lipinski definition) is 3. The minimum atomic E-state index is 0. The van der Waals surface area contributed by atoms with Crippen LogP contribution in [0.3, 0.4) is 0 Å². The van der Waals surface area contributed by atoms with E-state index in [9.17, 15) is 0 Å². The second kappa shape index (κ2) is 6.09. The minimum absolute atomic E-state index is 0. The van der Waals surface area contributed by atoms with Gasteiger partial charge in [-0.15, -0.1) is 12.4 Å². The molecule has 19 heavy (non-hydrogen) atoms. The molecule has 1 fully saturated rings. The first-order valence-electron chi connectivity index (χ1n) is 6.29. The molecule has 1 atom stereocenters. The Morgan fingerprint density at radius 3 is 3.05 bits per heavy atom. The van der Waals surface area contributed by atoms with Crippen molar-refractivity contribution in [2.45, 2.75) is 19.5 Å². The molecule has 0 aromatic carbocycles. The van der Waals surface area contributed by atoms with E-state index in [1.807, 2.05) is 22.7 Å². The average Bonchev–Trinajstić information content (AvgIpc) is 2.70. The molecule has 0 amide bonds. The summed E-state index contributed by atoms with van der Waals surface area (Å²) in [4.78, 5) is 7.05. The molecule has 0 aliphatic carbocycles. The Kier molecular flexibility index (Phi) is 4.68. The van der Waals surface area contributed by atoms with Gasteiger partial charge in [0.2, 0.25) is 0 Å². The van der Waals surface area contributed by atoms with Crippen molar-refractivity contribution in [2.24, 2.45) is 0 Å². The summed E-state index contributed by atoms with van der Waals surface area (Å²) in [7, 11) is 0. The molecule has 1 aliphatic heterocycles. The zero-order valence-corrected chi connectivity index (χ0v) is 12.4. The van der Waals surface area contributed by atoms with Gasteiger partial charge in [-0.2, -0.15) is 0 Å². The van der Waals surface area contributed by atoms with Gasteiger partial charge in [-0.25, -0.2) is 4.98 Å². The largest absolute Gasteiger partial charge is 0.312 e. The molecule has 1 saturated heterocycles. The van der Waals surface area contributed by atoms with Crippen LogP contribution >= 0.6 is 24.0 Å². The van der Waals surface area contributed by atoms with Crippen molar-refractivity contribution in [1.29, 1.82) is 0 Å². The van der Waals surface area contributed by atoms with Gasteiger partial charge in [-0.05, 0) is 19.1 Å². The summed E-state index contributed by atoms with van der Waals surface area (Å²) in [6.07, 6.45) is 3.96. The van der Waals surface area contributed by atoms with Crippen molar-refractivity contribution < 1.29 is 0 Å². The molecule has 1 N–H and O–H groups in total. The van der Waals surface area contributed by atoms with Gasteiger partial charge in [0, 0.05) is 44.6 Å². The van der Waals surface area contributed by atoms with Crippen molar-refractivity contribution >= 4 is 29.7 Å². The molecule has 0 radical (unpaired) electrons. The van der Waals surface area contributed by atoms with Gasteiger partial charge in [0.25, 0.3) is 0 Å². The molecule has 2 aromatic rings. The summed E-state index contributed by atoms with van der Waals surface area (Å²) < 4.78 is 1.99. The fourth-order valence-corrected chi connectivity index (χ4v) is 2.65.